The van der Waals surface area contributed by atoms with E-state index >= 15 is 0 Å². The van der Waals surface area contributed by atoms with Crippen LogP contribution in [0.3, 0.4) is 0 Å². The normalized spacial score (nSPS) is 21.3. The highest BCUT2D eigenvalue weighted by atomic mass is 16.6. The van der Waals surface area contributed by atoms with Crippen LogP contribution in [0, 0.1) is 23.0 Å². The van der Waals surface area contributed by atoms with E-state index in [0.717, 1.165) is 25.7 Å². The first kappa shape index (κ1) is 16.4. The molecule has 128 valence electrons. The molecule has 0 unspecified atom stereocenters. The molecule has 2 fully saturated rings. The summed E-state index contributed by atoms with van der Waals surface area (Å²) in [7, 11) is 0. The minimum Gasteiger partial charge on any atom is -0.339 e. The zero-order valence-corrected chi connectivity index (χ0v) is 13.7. The lowest BCUT2D eigenvalue weighted by Gasteiger charge is -2.23. The molecule has 0 radical (unpaired) electrons. The zero-order chi connectivity index (χ0) is 17.3. The van der Waals surface area contributed by atoms with Crippen LogP contribution in [0.1, 0.15) is 37.7 Å². The highest BCUT2D eigenvalue weighted by Gasteiger charge is 2.38. The van der Waals surface area contributed by atoms with E-state index in [4.69, 9.17) is 0 Å². The molecule has 24 heavy (non-hydrogen) atoms. The summed E-state index contributed by atoms with van der Waals surface area (Å²) in [5.41, 5.74) is 1.18. The van der Waals surface area contributed by atoms with Crippen molar-refractivity contribution in [1.29, 1.82) is 0 Å². The molecule has 0 spiro atoms. The Kier molecular flexibility index (Phi) is 4.51. The number of aryl methyl sites for hydroxylation is 1. The number of rotatable bonds is 4. The monoisotopic (exact) mass is 331 g/mol. The summed E-state index contributed by atoms with van der Waals surface area (Å²) in [5, 5.41) is 13.6. The summed E-state index contributed by atoms with van der Waals surface area (Å²) in [6.45, 7) is 2.19. The summed E-state index contributed by atoms with van der Waals surface area (Å²) in [6, 6.07) is 4.63. The molecular formula is C17H21N3O4. The predicted molar refractivity (Wildman–Crippen MR) is 88.5 cm³/mol. The maximum Gasteiger partial charge on any atom is 0.269 e. The van der Waals surface area contributed by atoms with Crippen molar-refractivity contribution in [2.24, 2.45) is 5.92 Å². The van der Waals surface area contributed by atoms with E-state index in [2.05, 4.69) is 5.32 Å². The minimum atomic E-state index is -0.465. The molecule has 0 aromatic heterocycles. The third-order valence-corrected chi connectivity index (χ3v) is 4.97. The van der Waals surface area contributed by atoms with Gasteiger partial charge in [-0.1, -0.05) is 12.8 Å². The third-order valence-electron chi connectivity index (χ3n) is 4.97. The van der Waals surface area contributed by atoms with Gasteiger partial charge in [0.1, 0.15) is 0 Å². The first-order valence-corrected chi connectivity index (χ1v) is 8.31. The highest BCUT2D eigenvalue weighted by Crippen LogP contribution is 2.30. The van der Waals surface area contributed by atoms with Gasteiger partial charge in [-0.05, 0) is 31.4 Å². The molecule has 1 saturated heterocycles. The maximum absolute atomic E-state index is 12.5. The lowest BCUT2D eigenvalue weighted by molar-refractivity contribution is -0.384. The Hall–Kier alpha value is -2.44. The van der Waals surface area contributed by atoms with Crippen LogP contribution >= 0.6 is 0 Å². The predicted octanol–water partition coefficient (Wildman–Crippen LogP) is 2.63. The lowest BCUT2D eigenvalue weighted by atomic mass is 10.1. The number of carbonyl (C=O) groups is 2. The van der Waals surface area contributed by atoms with E-state index in [1.54, 1.807) is 6.92 Å². The summed E-state index contributed by atoms with van der Waals surface area (Å²) in [4.78, 5) is 36.8. The van der Waals surface area contributed by atoms with Crippen LogP contribution in [0.15, 0.2) is 18.2 Å². The Morgan fingerprint density at radius 2 is 2.04 bits per heavy atom. The smallest absolute Gasteiger partial charge is 0.269 e. The van der Waals surface area contributed by atoms with E-state index in [1.807, 2.05) is 4.90 Å². The average Bonchev–Trinajstić information content (AvgIpc) is 3.18. The largest absolute Gasteiger partial charge is 0.339 e. The highest BCUT2D eigenvalue weighted by molar-refractivity contribution is 5.97. The second-order valence-electron chi connectivity index (χ2n) is 6.63. The number of nitro benzene ring substituents is 1. The van der Waals surface area contributed by atoms with Crippen LogP contribution in [-0.4, -0.2) is 34.2 Å². The Morgan fingerprint density at radius 1 is 1.33 bits per heavy atom. The van der Waals surface area contributed by atoms with Crippen LogP contribution in [0.2, 0.25) is 0 Å². The number of benzene rings is 1. The van der Waals surface area contributed by atoms with Gasteiger partial charge < -0.3 is 10.2 Å². The van der Waals surface area contributed by atoms with Gasteiger partial charge in [0, 0.05) is 36.8 Å². The molecule has 2 aliphatic rings. The van der Waals surface area contributed by atoms with Gasteiger partial charge in [0.2, 0.25) is 11.8 Å². The molecule has 1 aliphatic carbocycles. The van der Waals surface area contributed by atoms with Crippen LogP contribution in [0.25, 0.3) is 0 Å². The maximum atomic E-state index is 12.5. The van der Waals surface area contributed by atoms with Crippen molar-refractivity contribution in [2.75, 3.05) is 11.9 Å². The number of likely N-dealkylation sites (tertiary alicyclic amines) is 1. The third kappa shape index (κ3) is 3.25. The number of non-ortho nitro benzene ring substituents is 1. The molecule has 1 saturated carbocycles. The molecular weight excluding hydrogens is 310 g/mol. The Balaban J connectivity index is 1.65. The van der Waals surface area contributed by atoms with Crippen LogP contribution in [-0.2, 0) is 9.59 Å². The van der Waals surface area contributed by atoms with E-state index in [1.165, 1.54) is 18.2 Å². The van der Waals surface area contributed by atoms with Crippen LogP contribution in [0.4, 0.5) is 11.4 Å². The van der Waals surface area contributed by atoms with Crippen molar-refractivity contribution < 1.29 is 14.5 Å². The Bertz CT molecular complexity index is 682. The number of carbonyl (C=O) groups excluding carboxylic acids is 2. The molecule has 3 rings (SSSR count). The SMILES string of the molecule is Cc1cc([N+](=O)[O-])ccc1NC(=O)[C@@H]1CC(=O)N(C2CCCC2)C1. The Labute approximate surface area is 140 Å². The van der Waals surface area contributed by atoms with Crippen LogP contribution in [0.5, 0.6) is 0 Å². The molecule has 7 nitrogen and oxygen atoms in total. The van der Waals surface area contributed by atoms with Crippen LogP contribution < -0.4 is 5.32 Å². The van der Waals surface area contributed by atoms with Crippen molar-refractivity contribution in [2.45, 2.75) is 45.1 Å². The molecule has 1 N–H and O–H groups in total. The molecule has 1 aromatic rings. The fourth-order valence-corrected chi connectivity index (χ4v) is 3.61. The summed E-state index contributed by atoms with van der Waals surface area (Å²) < 4.78 is 0. The van der Waals surface area contributed by atoms with Crippen molar-refractivity contribution >= 4 is 23.2 Å². The van der Waals surface area contributed by atoms with Gasteiger partial charge in [0.05, 0.1) is 10.8 Å². The molecule has 1 atom stereocenters. The number of nitro groups is 1. The molecule has 7 heteroatoms. The summed E-state index contributed by atoms with van der Waals surface area (Å²) >= 11 is 0. The van der Waals surface area contributed by atoms with Crippen molar-refractivity contribution in [1.82, 2.24) is 4.90 Å². The molecule has 1 aromatic carbocycles. The first-order valence-electron chi connectivity index (χ1n) is 8.31. The van der Waals surface area contributed by atoms with Crippen molar-refractivity contribution in [3.8, 4) is 0 Å². The average molecular weight is 331 g/mol. The number of nitrogens with zero attached hydrogens (tertiary/aromatic N) is 2. The van der Waals surface area contributed by atoms with E-state index in [0.29, 0.717) is 17.8 Å². The topological polar surface area (TPSA) is 92.5 Å². The minimum absolute atomic E-state index is 0.00560. The van der Waals surface area contributed by atoms with Gasteiger partial charge >= 0.3 is 0 Å². The van der Waals surface area contributed by atoms with Crippen molar-refractivity contribution in [3.63, 3.8) is 0 Å². The quantitative estimate of drug-likeness (QED) is 0.678. The van der Waals surface area contributed by atoms with E-state index in [-0.39, 0.29) is 35.9 Å². The van der Waals surface area contributed by atoms with Gasteiger partial charge in [-0.25, -0.2) is 0 Å². The van der Waals surface area contributed by atoms with Gasteiger partial charge in [-0.2, -0.15) is 0 Å². The van der Waals surface area contributed by atoms with Gasteiger partial charge in [-0.3, -0.25) is 19.7 Å². The Morgan fingerprint density at radius 3 is 2.67 bits per heavy atom. The fourth-order valence-electron chi connectivity index (χ4n) is 3.61. The second-order valence-corrected chi connectivity index (χ2v) is 6.63. The molecule has 1 heterocycles. The van der Waals surface area contributed by atoms with Crippen molar-refractivity contribution in [3.05, 3.63) is 33.9 Å². The molecule has 2 amide bonds. The molecule has 1 aliphatic heterocycles. The number of hydrogen-bond acceptors (Lipinski definition) is 4. The standard InChI is InChI=1S/C17H21N3O4/c1-11-8-14(20(23)24)6-7-15(11)18-17(22)12-9-16(21)19(10-12)13-4-2-3-5-13/h6-8,12-13H,2-5,9-10H2,1H3,(H,18,22)/t12-/m1/s1. The van der Waals surface area contributed by atoms with E-state index < -0.39 is 4.92 Å². The fraction of sp³-hybridized carbons (Fsp3) is 0.529. The molecule has 0 bridgehead atoms. The second kappa shape index (κ2) is 6.59. The van der Waals surface area contributed by atoms with Gasteiger partial charge in [0.25, 0.3) is 5.69 Å². The van der Waals surface area contributed by atoms with Gasteiger partial charge in [-0.15, -0.1) is 0 Å². The summed E-state index contributed by atoms with van der Waals surface area (Å²) in [5.74, 6) is -0.490. The number of amides is 2. The summed E-state index contributed by atoms with van der Waals surface area (Å²) in [6.07, 6.45) is 4.60. The number of nitrogens with one attached hydrogen (secondary N) is 1. The lowest BCUT2D eigenvalue weighted by Crippen LogP contribution is -2.35. The first-order chi connectivity index (χ1) is 11.5. The number of hydrogen-bond donors (Lipinski definition) is 1. The van der Waals surface area contributed by atoms with E-state index in [9.17, 15) is 19.7 Å². The zero-order valence-electron chi connectivity index (χ0n) is 13.7. The van der Waals surface area contributed by atoms with Gasteiger partial charge in [0.15, 0.2) is 0 Å². The number of anilines is 1.